The van der Waals surface area contributed by atoms with Crippen molar-refractivity contribution < 1.29 is 31.1 Å². The molecule has 10 heteroatoms. The quantitative estimate of drug-likeness (QED) is 0.582. The van der Waals surface area contributed by atoms with E-state index >= 15 is 0 Å². The number of aryl methyl sites for hydroxylation is 1. The molecule has 0 radical (unpaired) electrons. The van der Waals surface area contributed by atoms with E-state index in [0.29, 0.717) is 22.2 Å². The Morgan fingerprint density at radius 2 is 1.80 bits per heavy atom. The van der Waals surface area contributed by atoms with Crippen LogP contribution in [0.15, 0.2) is 17.0 Å². The van der Waals surface area contributed by atoms with Crippen LogP contribution in [-0.2, 0) is 4.79 Å². The first-order chi connectivity index (χ1) is 11.6. The van der Waals surface area contributed by atoms with Crippen molar-refractivity contribution in [1.29, 1.82) is 0 Å². The number of carbonyl (C=O) groups is 1. The zero-order chi connectivity index (χ0) is 18.8. The van der Waals surface area contributed by atoms with Crippen molar-refractivity contribution in [3.8, 4) is 0 Å². The smallest absolute Gasteiger partial charge is 0.366 e. The zero-order valence-electron chi connectivity index (χ0n) is 13.2. The monoisotopic (exact) mass is 386 g/mol. The average Bonchev–Trinajstić information content (AvgIpc) is 2.52. The first kappa shape index (κ1) is 19.7. The third-order valence-corrected chi connectivity index (χ3v) is 4.98. The van der Waals surface area contributed by atoms with Crippen LogP contribution in [-0.4, -0.2) is 55.3 Å². The maximum absolute atomic E-state index is 14.2. The lowest BCUT2D eigenvalue weighted by Gasteiger charge is -2.36. The minimum absolute atomic E-state index is 0.00151. The average molecular weight is 386 g/mol. The molecule has 0 saturated carbocycles. The van der Waals surface area contributed by atoms with Crippen LogP contribution in [0.25, 0.3) is 0 Å². The summed E-state index contributed by atoms with van der Waals surface area (Å²) in [6.07, 6.45) is -7.43. The number of anilines is 1. The number of thioether (sulfide) groups is 1. The number of hydrogen-bond donors (Lipinski definition) is 0. The number of rotatable bonds is 4. The number of benzene rings is 1. The zero-order valence-corrected chi connectivity index (χ0v) is 14.1. The van der Waals surface area contributed by atoms with Gasteiger partial charge >= 0.3 is 12.6 Å². The number of alkyl halides is 5. The molecule has 0 spiro atoms. The fourth-order valence-corrected chi connectivity index (χ4v) is 3.31. The molecule has 1 aliphatic heterocycles. The molecule has 1 heterocycles. The maximum atomic E-state index is 14.2. The Bertz CT molecular complexity index is 629. The summed E-state index contributed by atoms with van der Waals surface area (Å²) in [6.45, 7) is 1.78. The van der Waals surface area contributed by atoms with Crippen LogP contribution in [0.2, 0.25) is 0 Å². The maximum Gasteiger partial charge on any atom is 0.398 e. The highest BCUT2D eigenvalue weighted by Crippen LogP contribution is 2.34. The lowest BCUT2D eigenvalue weighted by Crippen LogP contribution is -2.50. The molecule has 1 aromatic rings. The van der Waals surface area contributed by atoms with Gasteiger partial charge in [0.2, 0.25) is 0 Å². The summed E-state index contributed by atoms with van der Waals surface area (Å²) in [6, 6.07) is 2.50. The molecule has 140 valence electrons. The van der Waals surface area contributed by atoms with Gasteiger partial charge in [-0.25, -0.2) is 4.39 Å². The molecular weight excluding hydrogens is 370 g/mol. The van der Waals surface area contributed by atoms with Crippen LogP contribution < -0.4 is 4.90 Å². The first-order valence-corrected chi connectivity index (χ1v) is 8.38. The van der Waals surface area contributed by atoms with Crippen LogP contribution in [0.3, 0.4) is 0 Å². The Morgan fingerprint density at radius 3 is 2.32 bits per heavy atom. The Labute approximate surface area is 145 Å². The van der Waals surface area contributed by atoms with E-state index in [9.17, 15) is 31.1 Å². The van der Waals surface area contributed by atoms with Crippen LogP contribution in [0.5, 0.6) is 0 Å². The summed E-state index contributed by atoms with van der Waals surface area (Å²) < 4.78 is 76.2. The molecular formula is C15H16F6N2OS. The number of amides is 1. The fourth-order valence-electron chi connectivity index (χ4n) is 2.51. The highest BCUT2D eigenvalue weighted by atomic mass is 32.2. The van der Waals surface area contributed by atoms with Crippen LogP contribution in [0, 0.1) is 12.7 Å². The molecule has 0 aliphatic carbocycles. The van der Waals surface area contributed by atoms with Crippen molar-refractivity contribution in [1.82, 2.24) is 4.90 Å². The summed E-state index contributed by atoms with van der Waals surface area (Å²) in [7, 11) is 0. The molecule has 0 bridgehead atoms. The van der Waals surface area contributed by atoms with Crippen molar-refractivity contribution in [3.63, 3.8) is 0 Å². The van der Waals surface area contributed by atoms with Gasteiger partial charge in [-0.05, 0) is 24.6 Å². The van der Waals surface area contributed by atoms with Crippen LogP contribution in [0.4, 0.5) is 32.0 Å². The van der Waals surface area contributed by atoms with Gasteiger partial charge in [0.1, 0.15) is 5.82 Å². The Balaban J connectivity index is 2.10. The van der Waals surface area contributed by atoms with Gasteiger partial charge in [-0.2, -0.15) is 22.0 Å². The molecule has 0 N–H and O–H groups in total. The summed E-state index contributed by atoms with van der Waals surface area (Å²) in [5, 5.41) is 0. The lowest BCUT2D eigenvalue weighted by atomic mass is 10.2. The first-order valence-electron chi connectivity index (χ1n) is 7.40. The molecule has 2 rings (SSSR count). The predicted molar refractivity (Wildman–Crippen MR) is 82.7 cm³/mol. The van der Waals surface area contributed by atoms with Gasteiger partial charge in [-0.15, -0.1) is 11.8 Å². The number of nitrogens with zero attached hydrogens (tertiary/aromatic N) is 2. The van der Waals surface area contributed by atoms with Crippen molar-refractivity contribution in [2.45, 2.75) is 24.4 Å². The minimum atomic E-state index is -4.34. The molecule has 0 atom stereocenters. The van der Waals surface area contributed by atoms with E-state index in [2.05, 4.69) is 0 Å². The second-order valence-corrected chi connectivity index (χ2v) is 6.60. The summed E-state index contributed by atoms with van der Waals surface area (Å²) in [4.78, 5) is 14.1. The summed E-state index contributed by atoms with van der Waals surface area (Å²) in [5.74, 6) is -2.96. The van der Waals surface area contributed by atoms with Crippen molar-refractivity contribution in [3.05, 3.63) is 23.5 Å². The fraction of sp³-hybridized carbons (Fsp3) is 0.533. The summed E-state index contributed by atoms with van der Waals surface area (Å²) in [5.41, 5.74) is 0.501. The largest absolute Gasteiger partial charge is 0.398 e. The second kappa shape index (κ2) is 7.76. The SMILES string of the molecule is Cc1cc(F)c(N2CCN(C(=O)C(F)F)CC2)cc1SCC(F)(F)F. The van der Waals surface area contributed by atoms with E-state index in [1.54, 1.807) is 4.90 Å². The van der Waals surface area contributed by atoms with Gasteiger partial charge in [0, 0.05) is 31.1 Å². The highest BCUT2D eigenvalue weighted by Gasteiger charge is 2.29. The predicted octanol–water partition coefficient (Wildman–Crippen LogP) is 3.70. The van der Waals surface area contributed by atoms with E-state index in [0.717, 1.165) is 11.0 Å². The minimum Gasteiger partial charge on any atom is -0.366 e. The Kier molecular flexibility index (Phi) is 6.12. The van der Waals surface area contributed by atoms with Gasteiger partial charge in [-0.1, -0.05) is 0 Å². The van der Waals surface area contributed by atoms with Crippen molar-refractivity contribution in [2.24, 2.45) is 0 Å². The van der Waals surface area contributed by atoms with Gasteiger partial charge in [-0.3, -0.25) is 4.79 Å². The van der Waals surface area contributed by atoms with Gasteiger partial charge in [0.25, 0.3) is 5.91 Å². The number of hydrogen-bond acceptors (Lipinski definition) is 3. The van der Waals surface area contributed by atoms with Crippen LogP contribution in [0.1, 0.15) is 5.56 Å². The van der Waals surface area contributed by atoms with Crippen molar-refractivity contribution in [2.75, 3.05) is 36.8 Å². The van der Waals surface area contributed by atoms with E-state index < -0.39 is 30.1 Å². The molecule has 0 unspecified atom stereocenters. The van der Waals surface area contributed by atoms with E-state index in [-0.39, 0.29) is 31.9 Å². The standard InChI is InChI=1S/C15H16F6N2OS/c1-9-6-10(16)11(7-12(9)25-8-15(19,20)21)22-2-4-23(5-3-22)14(24)13(17)18/h6-7,13H,2-5,8H2,1H3. The second-order valence-electron chi connectivity index (χ2n) is 5.59. The molecule has 1 aromatic carbocycles. The third kappa shape index (κ3) is 5.20. The van der Waals surface area contributed by atoms with Crippen LogP contribution >= 0.6 is 11.8 Å². The number of carbonyl (C=O) groups excluding carboxylic acids is 1. The number of piperazine rings is 1. The molecule has 3 nitrogen and oxygen atoms in total. The molecule has 1 fully saturated rings. The van der Waals surface area contributed by atoms with Gasteiger partial charge < -0.3 is 9.80 Å². The highest BCUT2D eigenvalue weighted by molar-refractivity contribution is 7.99. The van der Waals surface area contributed by atoms with E-state index in [1.807, 2.05) is 0 Å². The number of halogens is 6. The Morgan fingerprint density at radius 1 is 1.20 bits per heavy atom. The molecule has 0 aromatic heterocycles. The third-order valence-electron chi connectivity index (χ3n) is 3.75. The Hall–Kier alpha value is -1.58. The molecule has 1 saturated heterocycles. The lowest BCUT2D eigenvalue weighted by molar-refractivity contribution is -0.143. The molecule has 1 aliphatic rings. The molecule has 1 amide bonds. The van der Waals surface area contributed by atoms with Gasteiger partial charge in [0.05, 0.1) is 11.4 Å². The topological polar surface area (TPSA) is 23.6 Å². The molecule has 25 heavy (non-hydrogen) atoms. The van der Waals surface area contributed by atoms with Crippen molar-refractivity contribution >= 4 is 23.4 Å². The summed E-state index contributed by atoms with van der Waals surface area (Å²) >= 11 is 0.568. The van der Waals surface area contributed by atoms with E-state index in [4.69, 9.17) is 0 Å². The normalized spacial score (nSPS) is 15.8. The van der Waals surface area contributed by atoms with E-state index in [1.165, 1.54) is 13.0 Å². The van der Waals surface area contributed by atoms with Gasteiger partial charge in [0.15, 0.2) is 0 Å².